The van der Waals surface area contributed by atoms with Crippen molar-refractivity contribution in [3.63, 3.8) is 0 Å². The molecule has 0 amide bonds. The molecule has 1 aromatic rings. The SMILES string of the molecule is CC1(CNS(=O)(=O)c2cc(CN)cs2)CC1. The number of rotatable bonds is 5. The van der Waals surface area contributed by atoms with E-state index in [1.807, 2.05) is 0 Å². The van der Waals surface area contributed by atoms with Crippen molar-refractivity contribution >= 4 is 21.4 Å². The molecule has 1 saturated carbocycles. The minimum atomic E-state index is -3.33. The molecule has 1 aliphatic carbocycles. The van der Waals surface area contributed by atoms with Crippen molar-refractivity contribution in [3.05, 3.63) is 17.0 Å². The maximum Gasteiger partial charge on any atom is 0.250 e. The fraction of sp³-hybridized carbons (Fsp3) is 0.600. The van der Waals surface area contributed by atoms with E-state index in [-0.39, 0.29) is 5.41 Å². The van der Waals surface area contributed by atoms with Crippen molar-refractivity contribution in [2.75, 3.05) is 6.54 Å². The second-order valence-electron chi connectivity index (χ2n) is 4.61. The monoisotopic (exact) mass is 260 g/mol. The average Bonchev–Trinajstić information content (AvgIpc) is 2.81. The van der Waals surface area contributed by atoms with Gasteiger partial charge in [-0.25, -0.2) is 13.1 Å². The summed E-state index contributed by atoms with van der Waals surface area (Å²) in [5, 5.41) is 1.79. The number of sulfonamides is 1. The smallest absolute Gasteiger partial charge is 0.250 e. The summed E-state index contributed by atoms with van der Waals surface area (Å²) in [5.74, 6) is 0. The average molecular weight is 260 g/mol. The summed E-state index contributed by atoms with van der Waals surface area (Å²) >= 11 is 1.22. The van der Waals surface area contributed by atoms with Crippen LogP contribution >= 0.6 is 11.3 Å². The highest BCUT2D eigenvalue weighted by molar-refractivity contribution is 7.91. The highest BCUT2D eigenvalue weighted by atomic mass is 32.2. The molecule has 1 aliphatic rings. The zero-order valence-electron chi connectivity index (χ0n) is 9.19. The van der Waals surface area contributed by atoms with Crippen molar-refractivity contribution < 1.29 is 8.42 Å². The van der Waals surface area contributed by atoms with Crippen LogP contribution in [0.2, 0.25) is 0 Å². The van der Waals surface area contributed by atoms with E-state index in [4.69, 9.17) is 5.73 Å². The molecule has 6 heteroatoms. The van der Waals surface area contributed by atoms with Crippen LogP contribution in [0, 0.1) is 5.41 Å². The van der Waals surface area contributed by atoms with Crippen molar-refractivity contribution in [1.29, 1.82) is 0 Å². The lowest BCUT2D eigenvalue weighted by molar-refractivity contribution is 0.531. The Kier molecular flexibility index (Phi) is 3.09. The van der Waals surface area contributed by atoms with Gasteiger partial charge < -0.3 is 5.73 Å². The highest BCUT2D eigenvalue weighted by Crippen LogP contribution is 2.44. The summed E-state index contributed by atoms with van der Waals surface area (Å²) in [6, 6.07) is 1.64. The normalized spacial score (nSPS) is 18.6. The molecule has 90 valence electrons. The van der Waals surface area contributed by atoms with Crippen molar-refractivity contribution in [2.45, 2.75) is 30.5 Å². The molecule has 0 unspecified atom stereocenters. The van der Waals surface area contributed by atoms with Gasteiger partial charge in [-0.3, -0.25) is 0 Å². The summed E-state index contributed by atoms with van der Waals surface area (Å²) in [5.41, 5.74) is 6.50. The fourth-order valence-electron chi connectivity index (χ4n) is 1.33. The molecule has 1 fully saturated rings. The van der Waals surface area contributed by atoms with Gasteiger partial charge in [0.15, 0.2) is 0 Å². The van der Waals surface area contributed by atoms with Gasteiger partial charge in [0.05, 0.1) is 0 Å². The zero-order chi connectivity index (χ0) is 11.8. The van der Waals surface area contributed by atoms with E-state index in [0.717, 1.165) is 18.4 Å². The van der Waals surface area contributed by atoms with E-state index in [1.54, 1.807) is 11.4 Å². The Morgan fingerprint density at radius 1 is 1.56 bits per heavy atom. The number of nitrogens with one attached hydrogen (secondary N) is 1. The van der Waals surface area contributed by atoms with Gasteiger partial charge in [0.1, 0.15) is 4.21 Å². The minimum Gasteiger partial charge on any atom is -0.326 e. The molecule has 4 nitrogen and oxygen atoms in total. The molecule has 0 aliphatic heterocycles. The van der Waals surface area contributed by atoms with Gasteiger partial charge in [0.25, 0.3) is 0 Å². The largest absolute Gasteiger partial charge is 0.326 e. The molecule has 2 rings (SSSR count). The summed E-state index contributed by atoms with van der Waals surface area (Å²) in [6.45, 7) is 3.00. The molecular formula is C10H16N2O2S2. The van der Waals surface area contributed by atoms with Gasteiger partial charge in [-0.1, -0.05) is 6.92 Å². The Morgan fingerprint density at radius 2 is 2.25 bits per heavy atom. The van der Waals surface area contributed by atoms with E-state index in [0.29, 0.717) is 17.3 Å². The Balaban J connectivity index is 2.06. The van der Waals surface area contributed by atoms with Crippen molar-refractivity contribution in [1.82, 2.24) is 4.72 Å². The van der Waals surface area contributed by atoms with E-state index in [9.17, 15) is 8.42 Å². The van der Waals surface area contributed by atoms with Crippen LogP contribution < -0.4 is 10.5 Å². The van der Waals surface area contributed by atoms with Crippen LogP contribution in [-0.2, 0) is 16.6 Å². The summed E-state index contributed by atoms with van der Waals surface area (Å²) in [7, 11) is -3.33. The third-order valence-electron chi connectivity index (χ3n) is 2.92. The van der Waals surface area contributed by atoms with Crippen LogP contribution in [-0.4, -0.2) is 15.0 Å². The number of nitrogens with two attached hydrogens (primary N) is 1. The molecule has 3 N–H and O–H groups in total. The number of hydrogen-bond donors (Lipinski definition) is 2. The maximum absolute atomic E-state index is 11.9. The quantitative estimate of drug-likeness (QED) is 0.838. The first kappa shape index (κ1) is 12.0. The number of hydrogen-bond acceptors (Lipinski definition) is 4. The van der Waals surface area contributed by atoms with Crippen molar-refractivity contribution in [3.8, 4) is 0 Å². The standard InChI is InChI=1S/C10H16N2O2S2/c1-10(2-3-10)7-12-16(13,14)9-4-8(5-11)6-15-9/h4,6,12H,2-3,5,7,11H2,1H3. The minimum absolute atomic E-state index is 0.182. The first-order valence-corrected chi connectivity index (χ1v) is 7.59. The predicted octanol–water partition coefficient (Wildman–Crippen LogP) is 1.29. The van der Waals surface area contributed by atoms with Gasteiger partial charge in [0.2, 0.25) is 10.0 Å². The first-order chi connectivity index (χ1) is 7.45. The van der Waals surface area contributed by atoms with Crippen LogP contribution in [0.5, 0.6) is 0 Å². The molecular weight excluding hydrogens is 244 g/mol. The molecule has 0 spiro atoms. The van der Waals surface area contributed by atoms with E-state index in [2.05, 4.69) is 11.6 Å². The van der Waals surface area contributed by atoms with Crippen LogP contribution in [0.25, 0.3) is 0 Å². The molecule has 0 atom stereocenters. The van der Waals surface area contributed by atoms with E-state index >= 15 is 0 Å². The molecule has 0 radical (unpaired) electrons. The van der Waals surface area contributed by atoms with Gasteiger partial charge in [-0.15, -0.1) is 11.3 Å². The van der Waals surface area contributed by atoms with E-state index in [1.165, 1.54) is 11.3 Å². The Morgan fingerprint density at radius 3 is 2.75 bits per heavy atom. The van der Waals surface area contributed by atoms with Gasteiger partial charge in [0, 0.05) is 13.1 Å². The first-order valence-electron chi connectivity index (χ1n) is 5.22. The van der Waals surface area contributed by atoms with Crippen LogP contribution in [0.1, 0.15) is 25.3 Å². The Labute approximate surface area is 99.9 Å². The summed E-state index contributed by atoms with van der Waals surface area (Å²) in [4.78, 5) is 0. The lowest BCUT2D eigenvalue weighted by atomic mass is 10.2. The second-order valence-corrected chi connectivity index (χ2v) is 7.52. The van der Waals surface area contributed by atoms with Gasteiger partial charge in [-0.05, 0) is 35.3 Å². The predicted molar refractivity (Wildman–Crippen MR) is 64.7 cm³/mol. The molecule has 1 aromatic heterocycles. The maximum atomic E-state index is 11.9. The van der Waals surface area contributed by atoms with Crippen LogP contribution in [0.3, 0.4) is 0 Å². The Hall–Kier alpha value is -0.430. The second kappa shape index (κ2) is 4.10. The summed E-state index contributed by atoms with van der Waals surface area (Å²) in [6.07, 6.45) is 2.21. The topological polar surface area (TPSA) is 72.2 Å². The van der Waals surface area contributed by atoms with Gasteiger partial charge in [-0.2, -0.15) is 0 Å². The van der Waals surface area contributed by atoms with Crippen molar-refractivity contribution in [2.24, 2.45) is 11.1 Å². The lowest BCUT2D eigenvalue weighted by Crippen LogP contribution is -2.28. The molecule has 0 aromatic carbocycles. The van der Waals surface area contributed by atoms with Gasteiger partial charge >= 0.3 is 0 Å². The molecule has 1 heterocycles. The zero-order valence-corrected chi connectivity index (χ0v) is 10.8. The third-order valence-corrected chi connectivity index (χ3v) is 5.81. The lowest BCUT2D eigenvalue weighted by Gasteiger charge is -2.09. The number of thiophene rings is 1. The summed E-state index contributed by atoms with van der Waals surface area (Å²) < 4.78 is 26.8. The van der Waals surface area contributed by atoms with Crippen LogP contribution in [0.4, 0.5) is 0 Å². The highest BCUT2D eigenvalue weighted by Gasteiger charge is 2.38. The third kappa shape index (κ3) is 2.63. The molecule has 16 heavy (non-hydrogen) atoms. The fourth-order valence-corrected chi connectivity index (χ4v) is 3.80. The molecule has 0 saturated heterocycles. The Bertz CT molecular complexity index is 475. The van der Waals surface area contributed by atoms with Crippen LogP contribution in [0.15, 0.2) is 15.7 Å². The molecule has 0 bridgehead atoms. The van der Waals surface area contributed by atoms with E-state index < -0.39 is 10.0 Å².